The van der Waals surface area contributed by atoms with Crippen LogP contribution in [0.1, 0.15) is 13.3 Å². The Kier molecular flexibility index (Phi) is 4.95. The van der Waals surface area contributed by atoms with Crippen molar-refractivity contribution in [1.29, 1.82) is 0 Å². The van der Waals surface area contributed by atoms with Crippen LogP contribution in [-0.2, 0) is 4.79 Å². The van der Waals surface area contributed by atoms with Crippen molar-refractivity contribution in [3.05, 3.63) is 24.3 Å². The van der Waals surface area contributed by atoms with Crippen LogP contribution in [0.5, 0.6) is 0 Å². The second kappa shape index (κ2) is 7.11. The van der Waals surface area contributed by atoms with E-state index in [4.69, 9.17) is 0 Å². The lowest BCUT2D eigenvalue weighted by Crippen LogP contribution is -2.46. The molecule has 3 rings (SSSR count). The summed E-state index contributed by atoms with van der Waals surface area (Å²) in [5.41, 5.74) is 2.10. The van der Waals surface area contributed by atoms with E-state index in [-0.39, 0.29) is 11.8 Å². The minimum absolute atomic E-state index is 0.102. The van der Waals surface area contributed by atoms with Gasteiger partial charge in [0.1, 0.15) is 0 Å². The summed E-state index contributed by atoms with van der Waals surface area (Å²) in [6.07, 6.45) is 0.934. The summed E-state index contributed by atoms with van der Waals surface area (Å²) in [6, 6.07) is 8.18. The Bertz CT molecular complexity index is 505. The average Bonchev–Trinajstić information content (AvgIpc) is 3.10. The van der Waals surface area contributed by atoms with E-state index in [1.165, 1.54) is 0 Å². The number of amides is 1. The van der Waals surface area contributed by atoms with Gasteiger partial charge in [-0.1, -0.05) is 19.1 Å². The largest absolute Gasteiger partial charge is 0.367 e. The lowest BCUT2D eigenvalue weighted by Gasteiger charge is -2.36. The van der Waals surface area contributed by atoms with E-state index < -0.39 is 0 Å². The summed E-state index contributed by atoms with van der Waals surface area (Å²) in [5, 5.41) is 6.39. The van der Waals surface area contributed by atoms with E-state index in [2.05, 4.69) is 33.4 Å². The van der Waals surface area contributed by atoms with Crippen LogP contribution in [0, 0.1) is 5.92 Å². The normalized spacial score (nSPS) is 22.8. The lowest BCUT2D eigenvalue weighted by atomic mass is 10.1. The fourth-order valence-electron chi connectivity index (χ4n) is 3.27. The number of hydrogen-bond acceptors (Lipinski definition) is 4. The smallest absolute Gasteiger partial charge is 0.228 e. The first-order valence-corrected chi connectivity index (χ1v) is 8.36. The molecule has 2 N–H and O–H groups in total. The first-order valence-electron chi connectivity index (χ1n) is 8.36. The molecular formula is C17H26N4O. The lowest BCUT2D eigenvalue weighted by molar-refractivity contribution is -0.119. The van der Waals surface area contributed by atoms with Gasteiger partial charge in [-0.05, 0) is 31.6 Å². The minimum Gasteiger partial charge on any atom is -0.367 e. The number of hydrogen-bond donors (Lipinski definition) is 2. The molecule has 0 bridgehead atoms. The highest BCUT2D eigenvalue weighted by molar-refractivity contribution is 5.96. The van der Waals surface area contributed by atoms with Gasteiger partial charge in [-0.2, -0.15) is 0 Å². The molecule has 1 atom stereocenters. The van der Waals surface area contributed by atoms with E-state index in [1.54, 1.807) is 0 Å². The molecule has 2 heterocycles. The molecule has 22 heavy (non-hydrogen) atoms. The Balaban J connectivity index is 1.68. The van der Waals surface area contributed by atoms with Crippen molar-refractivity contribution in [3.63, 3.8) is 0 Å². The van der Waals surface area contributed by atoms with Gasteiger partial charge in [-0.3, -0.25) is 4.79 Å². The van der Waals surface area contributed by atoms with Gasteiger partial charge < -0.3 is 20.4 Å². The van der Waals surface area contributed by atoms with Gasteiger partial charge in [-0.15, -0.1) is 0 Å². The second-order valence-corrected chi connectivity index (χ2v) is 6.12. The van der Waals surface area contributed by atoms with Crippen molar-refractivity contribution >= 4 is 17.3 Å². The maximum atomic E-state index is 12.4. The van der Waals surface area contributed by atoms with Gasteiger partial charge in [-0.25, -0.2) is 0 Å². The van der Waals surface area contributed by atoms with Crippen molar-refractivity contribution in [3.8, 4) is 0 Å². The predicted octanol–water partition coefficient (Wildman–Crippen LogP) is 1.38. The van der Waals surface area contributed by atoms with Crippen LogP contribution in [0.2, 0.25) is 0 Å². The third-order valence-corrected chi connectivity index (χ3v) is 4.75. The Morgan fingerprint density at radius 1 is 1.27 bits per heavy atom. The summed E-state index contributed by atoms with van der Waals surface area (Å²) in [6.45, 7) is 9.27. The highest BCUT2D eigenvalue weighted by atomic mass is 16.1. The number of benzene rings is 1. The summed E-state index contributed by atoms with van der Waals surface area (Å²) < 4.78 is 0. The second-order valence-electron chi connectivity index (χ2n) is 6.12. The van der Waals surface area contributed by atoms with Gasteiger partial charge in [0.15, 0.2) is 0 Å². The van der Waals surface area contributed by atoms with Crippen LogP contribution in [0.15, 0.2) is 24.3 Å². The summed E-state index contributed by atoms with van der Waals surface area (Å²) >= 11 is 0. The number of nitrogens with one attached hydrogen (secondary N) is 2. The monoisotopic (exact) mass is 302 g/mol. The number of carbonyl (C=O) groups is 1. The van der Waals surface area contributed by atoms with Crippen LogP contribution in [-0.4, -0.2) is 56.6 Å². The SMILES string of the molecule is CCN1CCN(c2ccccc2NC(=O)C2CCNC2)CC1. The first kappa shape index (κ1) is 15.3. The summed E-state index contributed by atoms with van der Waals surface area (Å²) in [5.74, 6) is 0.245. The Morgan fingerprint density at radius 2 is 2.05 bits per heavy atom. The zero-order valence-electron chi connectivity index (χ0n) is 13.3. The molecule has 5 nitrogen and oxygen atoms in total. The van der Waals surface area contributed by atoms with Crippen LogP contribution < -0.4 is 15.5 Å². The van der Waals surface area contributed by atoms with E-state index >= 15 is 0 Å². The van der Waals surface area contributed by atoms with E-state index in [9.17, 15) is 4.79 Å². The number of likely N-dealkylation sites (N-methyl/N-ethyl adjacent to an activating group) is 1. The quantitative estimate of drug-likeness (QED) is 0.882. The molecule has 2 saturated heterocycles. The maximum Gasteiger partial charge on any atom is 0.228 e. The standard InChI is InChI=1S/C17H26N4O/c1-2-20-9-11-21(12-10-20)16-6-4-3-5-15(16)19-17(22)14-7-8-18-13-14/h3-6,14,18H,2,7-13H2,1H3,(H,19,22). The molecule has 2 aliphatic rings. The number of nitrogens with zero attached hydrogens (tertiary/aromatic N) is 2. The number of anilines is 2. The Hall–Kier alpha value is -1.59. The fraction of sp³-hybridized carbons (Fsp3) is 0.588. The third-order valence-electron chi connectivity index (χ3n) is 4.75. The van der Waals surface area contributed by atoms with Crippen molar-refractivity contribution in [1.82, 2.24) is 10.2 Å². The number of piperazine rings is 1. The van der Waals surface area contributed by atoms with Crippen LogP contribution in [0.4, 0.5) is 11.4 Å². The third kappa shape index (κ3) is 3.42. The molecule has 5 heteroatoms. The Morgan fingerprint density at radius 3 is 2.73 bits per heavy atom. The topological polar surface area (TPSA) is 47.6 Å². The van der Waals surface area contributed by atoms with Crippen molar-refractivity contribution in [2.75, 3.05) is 56.0 Å². The number of carbonyl (C=O) groups excluding carboxylic acids is 1. The van der Waals surface area contributed by atoms with Crippen molar-refractivity contribution in [2.24, 2.45) is 5.92 Å². The minimum atomic E-state index is 0.102. The molecule has 0 radical (unpaired) electrons. The predicted molar refractivity (Wildman–Crippen MR) is 90.4 cm³/mol. The molecule has 1 unspecified atom stereocenters. The highest BCUT2D eigenvalue weighted by Gasteiger charge is 2.24. The molecule has 0 spiro atoms. The molecule has 2 fully saturated rings. The van der Waals surface area contributed by atoms with E-state index in [0.29, 0.717) is 0 Å². The van der Waals surface area contributed by atoms with Crippen molar-refractivity contribution in [2.45, 2.75) is 13.3 Å². The van der Waals surface area contributed by atoms with Gasteiger partial charge in [0, 0.05) is 32.7 Å². The first-order chi connectivity index (χ1) is 10.8. The molecule has 1 amide bonds. The average molecular weight is 302 g/mol. The zero-order valence-corrected chi connectivity index (χ0v) is 13.3. The molecule has 0 aliphatic carbocycles. The number of para-hydroxylation sites is 2. The molecule has 1 aromatic carbocycles. The molecule has 1 aromatic rings. The molecular weight excluding hydrogens is 276 g/mol. The fourth-order valence-corrected chi connectivity index (χ4v) is 3.27. The van der Waals surface area contributed by atoms with Crippen LogP contribution >= 0.6 is 0 Å². The van der Waals surface area contributed by atoms with Gasteiger partial charge in [0.05, 0.1) is 17.3 Å². The van der Waals surface area contributed by atoms with Crippen LogP contribution in [0.25, 0.3) is 0 Å². The molecule has 120 valence electrons. The summed E-state index contributed by atoms with van der Waals surface area (Å²) in [7, 11) is 0. The number of rotatable bonds is 4. The van der Waals surface area contributed by atoms with Gasteiger partial charge >= 0.3 is 0 Å². The molecule has 2 aliphatic heterocycles. The molecule has 0 saturated carbocycles. The van der Waals surface area contributed by atoms with E-state index in [0.717, 1.165) is 63.6 Å². The van der Waals surface area contributed by atoms with Crippen molar-refractivity contribution < 1.29 is 4.79 Å². The van der Waals surface area contributed by atoms with Gasteiger partial charge in [0.25, 0.3) is 0 Å². The van der Waals surface area contributed by atoms with Gasteiger partial charge in [0.2, 0.25) is 5.91 Å². The maximum absolute atomic E-state index is 12.4. The highest BCUT2D eigenvalue weighted by Crippen LogP contribution is 2.27. The Labute approximate surface area is 132 Å². The van der Waals surface area contributed by atoms with E-state index in [1.807, 2.05) is 18.2 Å². The zero-order chi connectivity index (χ0) is 15.4. The summed E-state index contributed by atoms with van der Waals surface area (Å²) in [4.78, 5) is 17.2. The molecule has 0 aromatic heterocycles. The van der Waals surface area contributed by atoms with Crippen LogP contribution in [0.3, 0.4) is 0 Å².